The van der Waals surface area contributed by atoms with Crippen molar-refractivity contribution >= 4 is 11.6 Å². The average molecular weight is 298 g/mol. The summed E-state index contributed by atoms with van der Waals surface area (Å²) in [5.41, 5.74) is 0.893. The molecule has 1 aliphatic heterocycles. The third-order valence-electron chi connectivity index (χ3n) is 3.83. The number of β-amino-alcohol motifs (C(OH)–C–C–N with tert-alkyl or cyclic N) is 1. The van der Waals surface area contributed by atoms with E-state index in [1.54, 1.807) is 0 Å². The minimum Gasteiger partial charge on any atom is -0.387 e. The zero-order chi connectivity index (χ0) is 14.4. The number of ether oxygens (including phenoxy) is 1. The van der Waals surface area contributed by atoms with E-state index in [2.05, 4.69) is 4.90 Å². The summed E-state index contributed by atoms with van der Waals surface area (Å²) in [6.07, 6.45) is 1.93. The Bertz CT molecular complexity index is 413. The van der Waals surface area contributed by atoms with Gasteiger partial charge in [0.25, 0.3) is 0 Å². The van der Waals surface area contributed by atoms with E-state index in [-0.39, 0.29) is 0 Å². The van der Waals surface area contributed by atoms with E-state index < -0.39 is 6.10 Å². The van der Waals surface area contributed by atoms with Gasteiger partial charge in [-0.2, -0.15) is 0 Å². The normalized spacial score (nSPS) is 21.9. The second-order valence-corrected chi connectivity index (χ2v) is 5.93. The van der Waals surface area contributed by atoms with Crippen molar-refractivity contribution in [3.05, 3.63) is 34.9 Å². The van der Waals surface area contributed by atoms with Gasteiger partial charge in [0.1, 0.15) is 0 Å². The molecule has 1 aromatic rings. The first-order valence-corrected chi connectivity index (χ1v) is 7.80. The van der Waals surface area contributed by atoms with Crippen LogP contribution >= 0.6 is 11.6 Å². The molecule has 0 saturated carbocycles. The molecule has 4 heteroatoms. The first-order valence-electron chi connectivity index (χ1n) is 7.42. The minimum atomic E-state index is -0.473. The van der Waals surface area contributed by atoms with Crippen molar-refractivity contribution in [2.24, 2.45) is 5.92 Å². The lowest BCUT2D eigenvalue weighted by Crippen LogP contribution is -2.39. The van der Waals surface area contributed by atoms with E-state index in [0.29, 0.717) is 17.5 Å². The summed E-state index contributed by atoms with van der Waals surface area (Å²) < 4.78 is 5.52. The van der Waals surface area contributed by atoms with Crippen LogP contribution in [0.25, 0.3) is 0 Å². The lowest BCUT2D eigenvalue weighted by molar-refractivity contribution is 0.0442. The molecule has 1 N–H and O–H groups in total. The van der Waals surface area contributed by atoms with Gasteiger partial charge in [0.15, 0.2) is 0 Å². The first-order chi connectivity index (χ1) is 9.69. The molecule has 0 amide bonds. The highest BCUT2D eigenvalue weighted by atomic mass is 35.5. The van der Waals surface area contributed by atoms with Crippen molar-refractivity contribution in [1.29, 1.82) is 0 Å². The van der Waals surface area contributed by atoms with E-state index in [0.717, 1.165) is 31.9 Å². The fourth-order valence-corrected chi connectivity index (χ4v) is 3.00. The predicted octanol–water partition coefficient (Wildman–Crippen LogP) is 3.12. The molecule has 0 bridgehead atoms. The molecule has 0 spiro atoms. The van der Waals surface area contributed by atoms with E-state index in [1.165, 1.54) is 12.8 Å². The Morgan fingerprint density at radius 1 is 1.50 bits per heavy atom. The number of likely N-dealkylation sites (tertiary alicyclic amines) is 1. The molecule has 1 fully saturated rings. The molecule has 2 atom stereocenters. The van der Waals surface area contributed by atoms with Crippen LogP contribution in [0.4, 0.5) is 0 Å². The van der Waals surface area contributed by atoms with Crippen LogP contribution in [0.2, 0.25) is 5.02 Å². The van der Waals surface area contributed by atoms with Gasteiger partial charge in [0.2, 0.25) is 0 Å². The standard InChI is InChI=1S/C16H24ClNO2/c1-2-20-12-13-5-4-8-18(10-13)11-16(19)14-6-3-7-15(17)9-14/h3,6-7,9,13,16,19H,2,4-5,8,10-12H2,1H3. The van der Waals surface area contributed by atoms with Gasteiger partial charge in [-0.3, -0.25) is 0 Å². The Labute approximate surface area is 126 Å². The maximum absolute atomic E-state index is 10.3. The second kappa shape index (κ2) is 7.99. The quantitative estimate of drug-likeness (QED) is 0.876. The summed E-state index contributed by atoms with van der Waals surface area (Å²) in [7, 11) is 0. The number of aliphatic hydroxyl groups is 1. The Morgan fingerprint density at radius 3 is 3.10 bits per heavy atom. The number of halogens is 1. The SMILES string of the molecule is CCOCC1CCCN(CC(O)c2cccc(Cl)c2)C1. The molecule has 112 valence electrons. The van der Waals surface area contributed by atoms with Crippen LogP contribution in [0.1, 0.15) is 31.4 Å². The smallest absolute Gasteiger partial charge is 0.0917 e. The van der Waals surface area contributed by atoms with Gasteiger partial charge >= 0.3 is 0 Å². The Balaban J connectivity index is 1.85. The van der Waals surface area contributed by atoms with Crippen LogP contribution in [0.15, 0.2) is 24.3 Å². The molecule has 20 heavy (non-hydrogen) atoms. The van der Waals surface area contributed by atoms with E-state index in [4.69, 9.17) is 16.3 Å². The number of hydrogen-bond donors (Lipinski definition) is 1. The summed E-state index contributed by atoms with van der Waals surface area (Å²) in [6.45, 7) is 6.38. The Kier molecular flexibility index (Phi) is 6.30. The van der Waals surface area contributed by atoms with Crippen LogP contribution in [0.3, 0.4) is 0 Å². The molecule has 1 aliphatic rings. The lowest BCUT2D eigenvalue weighted by Gasteiger charge is -2.33. The summed E-state index contributed by atoms with van der Waals surface area (Å²) in [4.78, 5) is 2.33. The lowest BCUT2D eigenvalue weighted by atomic mass is 9.98. The summed E-state index contributed by atoms with van der Waals surface area (Å²) in [6, 6.07) is 7.48. The molecule has 2 rings (SSSR count). The van der Waals surface area contributed by atoms with Crippen LogP contribution in [0.5, 0.6) is 0 Å². The summed E-state index contributed by atoms with van der Waals surface area (Å²) >= 11 is 5.97. The third-order valence-corrected chi connectivity index (χ3v) is 4.06. The van der Waals surface area contributed by atoms with Crippen LogP contribution < -0.4 is 0 Å². The molecular formula is C16H24ClNO2. The van der Waals surface area contributed by atoms with Crippen molar-refractivity contribution in [1.82, 2.24) is 4.90 Å². The molecule has 0 aliphatic carbocycles. The monoisotopic (exact) mass is 297 g/mol. The number of aliphatic hydroxyl groups excluding tert-OH is 1. The van der Waals surface area contributed by atoms with E-state index >= 15 is 0 Å². The highest BCUT2D eigenvalue weighted by molar-refractivity contribution is 6.30. The van der Waals surface area contributed by atoms with Gasteiger partial charge in [0.05, 0.1) is 12.7 Å². The largest absolute Gasteiger partial charge is 0.387 e. The Hall–Kier alpha value is -0.610. The van der Waals surface area contributed by atoms with Gasteiger partial charge < -0.3 is 14.7 Å². The fraction of sp³-hybridized carbons (Fsp3) is 0.625. The average Bonchev–Trinajstić information content (AvgIpc) is 2.45. The van der Waals surface area contributed by atoms with E-state index in [9.17, 15) is 5.11 Å². The number of rotatable bonds is 6. The molecule has 1 aromatic carbocycles. The van der Waals surface area contributed by atoms with Gasteiger partial charge in [-0.25, -0.2) is 0 Å². The van der Waals surface area contributed by atoms with Gasteiger partial charge in [-0.1, -0.05) is 23.7 Å². The van der Waals surface area contributed by atoms with E-state index in [1.807, 2.05) is 31.2 Å². The molecule has 0 radical (unpaired) electrons. The highest BCUT2D eigenvalue weighted by Crippen LogP contribution is 2.22. The van der Waals surface area contributed by atoms with Crippen molar-refractivity contribution in [2.45, 2.75) is 25.9 Å². The maximum atomic E-state index is 10.3. The summed E-state index contributed by atoms with van der Waals surface area (Å²) in [5.74, 6) is 0.593. The maximum Gasteiger partial charge on any atom is 0.0917 e. The minimum absolute atomic E-state index is 0.473. The zero-order valence-corrected chi connectivity index (χ0v) is 12.9. The Morgan fingerprint density at radius 2 is 2.35 bits per heavy atom. The summed E-state index contributed by atoms with van der Waals surface area (Å²) in [5, 5.41) is 11.0. The molecule has 1 heterocycles. The first kappa shape index (κ1) is 15.8. The number of nitrogens with zero attached hydrogens (tertiary/aromatic N) is 1. The topological polar surface area (TPSA) is 32.7 Å². The molecule has 0 aromatic heterocycles. The fourth-order valence-electron chi connectivity index (χ4n) is 2.80. The van der Waals surface area contributed by atoms with Crippen LogP contribution in [0, 0.1) is 5.92 Å². The van der Waals surface area contributed by atoms with Gasteiger partial charge in [-0.05, 0) is 49.9 Å². The molecule has 2 unspecified atom stereocenters. The van der Waals surface area contributed by atoms with Gasteiger partial charge in [-0.15, -0.1) is 0 Å². The predicted molar refractivity (Wildman–Crippen MR) is 82.1 cm³/mol. The van der Waals surface area contributed by atoms with Gasteiger partial charge in [0, 0.05) is 24.7 Å². The van der Waals surface area contributed by atoms with Crippen molar-refractivity contribution in [3.8, 4) is 0 Å². The van der Waals surface area contributed by atoms with Crippen molar-refractivity contribution < 1.29 is 9.84 Å². The second-order valence-electron chi connectivity index (χ2n) is 5.50. The van der Waals surface area contributed by atoms with Crippen LogP contribution in [-0.4, -0.2) is 42.9 Å². The molecular weight excluding hydrogens is 274 g/mol. The third kappa shape index (κ3) is 4.74. The molecule has 3 nitrogen and oxygen atoms in total. The molecule has 1 saturated heterocycles. The van der Waals surface area contributed by atoms with Crippen molar-refractivity contribution in [2.75, 3.05) is 32.8 Å². The number of piperidine rings is 1. The number of hydrogen-bond acceptors (Lipinski definition) is 3. The number of benzene rings is 1. The highest BCUT2D eigenvalue weighted by Gasteiger charge is 2.22. The van der Waals surface area contributed by atoms with Crippen LogP contribution in [-0.2, 0) is 4.74 Å². The van der Waals surface area contributed by atoms with Crippen molar-refractivity contribution in [3.63, 3.8) is 0 Å². The zero-order valence-electron chi connectivity index (χ0n) is 12.1.